The van der Waals surface area contributed by atoms with E-state index in [1.807, 2.05) is 0 Å². The van der Waals surface area contributed by atoms with Gasteiger partial charge in [-0.05, 0) is 67.9 Å². The molecular formula is C26H35ClN2O. The van der Waals surface area contributed by atoms with Crippen LogP contribution in [-0.4, -0.2) is 25.1 Å². The van der Waals surface area contributed by atoms with Gasteiger partial charge in [-0.25, -0.2) is 0 Å². The Morgan fingerprint density at radius 1 is 1.17 bits per heavy atom. The molecule has 162 valence electrons. The second-order valence-corrected chi connectivity index (χ2v) is 9.82. The van der Waals surface area contributed by atoms with E-state index in [0.717, 1.165) is 25.1 Å². The van der Waals surface area contributed by atoms with Gasteiger partial charge in [0.15, 0.2) is 0 Å². The SMILES string of the molecule is CC(C)CNc1ccc(C2(C)Cc3ccc(OCCCCl)cc3N2C2CCC2)cc1. The number of fused-ring (bicyclic) bond motifs is 1. The summed E-state index contributed by atoms with van der Waals surface area (Å²) in [6.45, 7) is 8.57. The van der Waals surface area contributed by atoms with E-state index in [9.17, 15) is 0 Å². The Hall–Kier alpha value is -1.87. The van der Waals surface area contributed by atoms with E-state index in [0.29, 0.717) is 24.4 Å². The molecule has 4 heteroatoms. The molecular weight excluding hydrogens is 392 g/mol. The monoisotopic (exact) mass is 426 g/mol. The number of ether oxygens (including phenoxy) is 1. The topological polar surface area (TPSA) is 24.5 Å². The van der Waals surface area contributed by atoms with E-state index in [1.165, 1.54) is 41.8 Å². The van der Waals surface area contributed by atoms with Gasteiger partial charge < -0.3 is 15.0 Å². The number of anilines is 2. The van der Waals surface area contributed by atoms with Crippen LogP contribution >= 0.6 is 11.6 Å². The number of rotatable bonds is 9. The van der Waals surface area contributed by atoms with Crippen LogP contribution in [0.1, 0.15) is 57.6 Å². The molecule has 2 aromatic rings. The zero-order valence-corrected chi connectivity index (χ0v) is 19.3. The lowest BCUT2D eigenvalue weighted by molar-refractivity contribution is 0.311. The van der Waals surface area contributed by atoms with E-state index < -0.39 is 0 Å². The van der Waals surface area contributed by atoms with Crippen molar-refractivity contribution in [2.75, 3.05) is 29.2 Å². The summed E-state index contributed by atoms with van der Waals surface area (Å²) in [5.74, 6) is 2.24. The first-order valence-corrected chi connectivity index (χ1v) is 12.0. The quantitative estimate of drug-likeness (QED) is 0.361. The van der Waals surface area contributed by atoms with E-state index >= 15 is 0 Å². The standard InChI is InChI=1S/C26H35ClN2O/c1-19(2)18-28-22-11-9-21(10-12-22)26(3)17-20-8-13-24(30-15-5-14-27)16-25(20)29(26)23-6-4-7-23/h8-13,16,19,23,28H,4-7,14-15,17-18H2,1-3H3. The number of hydrogen-bond acceptors (Lipinski definition) is 3. The van der Waals surface area contributed by atoms with Crippen molar-refractivity contribution in [3.63, 3.8) is 0 Å². The Balaban J connectivity index is 1.60. The van der Waals surface area contributed by atoms with Gasteiger partial charge in [0.05, 0.1) is 12.1 Å². The third-order valence-electron chi connectivity index (χ3n) is 6.59. The van der Waals surface area contributed by atoms with Crippen LogP contribution < -0.4 is 15.0 Å². The highest BCUT2D eigenvalue weighted by molar-refractivity contribution is 6.17. The summed E-state index contributed by atoms with van der Waals surface area (Å²) in [5.41, 5.74) is 5.37. The molecule has 3 nitrogen and oxygen atoms in total. The molecule has 30 heavy (non-hydrogen) atoms. The summed E-state index contributed by atoms with van der Waals surface area (Å²) in [5, 5.41) is 3.54. The number of benzene rings is 2. The van der Waals surface area contributed by atoms with Gasteiger partial charge in [0.2, 0.25) is 0 Å². The van der Waals surface area contributed by atoms with Crippen LogP contribution in [0.5, 0.6) is 5.75 Å². The fourth-order valence-electron chi connectivity index (χ4n) is 4.73. The zero-order chi connectivity index (χ0) is 21.1. The lowest BCUT2D eigenvalue weighted by atomic mass is 9.83. The van der Waals surface area contributed by atoms with Gasteiger partial charge in [0.25, 0.3) is 0 Å². The number of nitrogens with one attached hydrogen (secondary N) is 1. The van der Waals surface area contributed by atoms with Crippen molar-refractivity contribution in [1.82, 2.24) is 0 Å². The molecule has 1 N–H and O–H groups in total. The van der Waals surface area contributed by atoms with Gasteiger partial charge in [-0.1, -0.05) is 32.0 Å². The smallest absolute Gasteiger partial charge is 0.121 e. The fraction of sp³-hybridized carbons (Fsp3) is 0.538. The molecule has 0 spiro atoms. The molecule has 2 aliphatic rings. The molecule has 1 aliphatic carbocycles. The molecule has 0 bridgehead atoms. The number of hydrogen-bond donors (Lipinski definition) is 1. The van der Waals surface area contributed by atoms with Crippen LogP contribution in [0.2, 0.25) is 0 Å². The third-order valence-corrected chi connectivity index (χ3v) is 6.86. The van der Waals surface area contributed by atoms with Gasteiger partial charge >= 0.3 is 0 Å². The van der Waals surface area contributed by atoms with Crippen LogP contribution in [0, 0.1) is 5.92 Å². The molecule has 1 atom stereocenters. The summed E-state index contributed by atoms with van der Waals surface area (Å²) in [4.78, 5) is 2.69. The summed E-state index contributed by atoms with van der Waals surface area (Å²) < 4.78 is 5.97. The molecule has 0 amide bonds. The maximum absolute atomic E-state index is 5.97. The van der Waals surface area contributed by atoms with E-state index in [4.69, 9.17) is 16.3 Å². The zero-order valence-electron chi connectivity index (χ0n) is 18.6. The minimum absolute atomic E-state index is 0.0151. The number of nitrogens with zero attached hydrogens (tertiary/aromatic N) is 1. The van der Waals surface area contributed by atoms with Crippen LogP contribution in [0.15, 0.2) is 42.5 Å². The molecule has 1 aliphatic heterocycles. The Bertz CT molecular complexity index is 847. The predicted octanol–water partition coefficient (Wildman–Crippen LogP) is 6.59. The van der Waals surface area contributed by atoms with Gasteiger partial charge in [0.1, 0.15) is 5.75 Å². The minimum atomic E-state index is -0.0151. The highest BCUT2D eigenvalue weighted by atomic mass is 35.5. The second kappa shape index (κ2) is 9.09. The first-order valence-electron chi connectivity index (χ1n) is 11.5. The minimum Gasteiger partial charge on any atom is -0.493 e. The van der Waals surface area contributed by atoms with Gasteiger partial charge in [-0.2, -0.15) is 0 Å². The Kier molecular flexibility index (Phi) is 6.48. The van der Waals surface area contributed by atoms with Crippen molar-refractivity contribution >= 4 is 23.0 Å². The van der Waals surface area contributed by atoms with Crippen molar-refractivity contribution in [2.45, 2.75) is 64.5 Å². The van der Waals surface area contributed by atoms with E-state index in [2.05, 4.69) is 73.5 Å². The molecule has 1 saturated carbocycles. The van der Waals surface area contributed by atoms with Crippen LogP contribution in [-0.2, 0) is 12.0 Å². The van der Waals surface area contributed by atoms with Crippen molar-refractivity contribution in [3.05, 3.63) is 53.6 Å². The van der Waals surface area contributed by atoms with Crippen molar-refractivity contribution in [1.29, 1.82) is 0 Å². The lowest BCUT2D eigenvalue weighted by Crippen LogP contribution is -2.50. The normalized spacial score (nSPS) is 20.9. The predicted molar refractivity (Wildman–Crippen MR) is 128 cm³/mol. The van der Waals surface area contributed by atoms with Crippen LogP contribution in [0.25, 0.3) is 0 Å². The van der Waals surface area contributed by atoms with E-state index in [-0.39, 0.29) is 5.54 Å². The molecule has 1 unspecified atom stereocenters. The van der Waals surface area contributed by atoms with Gasteiger partial charge in [-0.15, -0.1) is 11.6 Å². The van der Waals surface area contributed by atoms with Crippen molar-refractivity contribution < 1.29 is 4.74 Å². The summed E-state index contributed by atoms with van der Waals surface area (Å²) in [6, 6.07) is 16.4. The summed E-state index contributed by atoms with van der Waals surface area (Å²) in [7, 11) is 0. The molecule has 2 aromatic carbocycles. The van der Waals surface area contributed by atoms with Crippen LogP contribution in [0.4, 0.5) is 11.4 Å². The van der Waals surface area contributed by atoms with Gasteiger partial charge in [-0.3, -0.25) is 0 Å². The highest BCUT2D eigenvalue weighted by Crippen LogP contribution is 2.50. The maximum Gasteiger partial charge on any atom is 0.121 e. The Morgan fingerprint density at radius 2 is 1.93 bits per heavy atom. The molecule has 1 heterocycles. The van der Waals surface area contributed by atoms with Crippen molar-refractivity contribution in [3.8, 4) is 5.75 Å². The first kappa shape index (κ1) is 21.4. The lowest BCUT2D eigenvalue weighted by Gasteiger charge is -2.47. The maximum atomic E-state index is 5.97. The Labute approximate surface area is 186 Å². The molecule has 4 rings (SSSR count). The fourth-order valence-corrected chi connectivity index (χ4v) is 4.84. The van der Waals surface area contributed by atoms with E-state index in [1.54, 1.807) is 0 Å². The summed E-state index contributed by atoms with van der Waals surface area (Å²) in [6.07, 6.45) is 5.80. The third kappa shape index (κ3) is 4.27. The largest absolute Gasteiger partial charge is 0.493 e. The molecule has 0 saturated heterocycles. The van der Waals surface area contributed by atoms with Gasteiger partial charge in [0, 0.05) is 42.3 Å². The average molecular weight is 427 g/mol. The highest BCUT2D eigenvalue weighted by Gasteiger charge is 2.46. The number of halogens is 1. The van der Waals surface area contributed by atoms with Crippen LogP contribution in [0.3, 0.4) is 0 Å². The molecule has 0 radical (unpaired) electrons. The number of alkyl halides is 1. The summed E-state index contributed by atoms with van der Waals surface area (Å²) >= 11 is 5.81. The first-order chi connectivity index (χ1) is 14.5. The molecule has 0 aromatic heterocycles. The average Bonchev–Trinajstić information content (AvgIpc) is 2.99. The Morgan fingerprint density at radius 3 is 2.57 bits per heavy atom. The molecule has 1 fully saturated rings. The second-order valence-electron chi connectivity index (χ2n) is 9.44. The van der Waals surface area contributed by atoms with Crippen molar-refractivity contribution in [2.24, 2.45) is 5.92 Å².